The Balaban J connectivity index is 2.10. The fourth-order valence-corrected chi connectivity index (χ4v) is 2.91. The quantitative estimate of drug-likeness (QED) is 0.846. The first-order valence-corrected chi connectivity index (χ1v) is 7.58. The number of hydrogen-bond acceptors (Lipinski definition) is 2. The molecule has 0 saturated heterocycles. The standard InChI is InChI=1S/C17H23NO3/c1-3-13(15(19)20)11-18-16(21)17(8-5-9-17)14-7-4-6-12(2)10-14/h4,6-7,10,13H,3,5,8-9,11H2,1-2H3,(H,18,21)(H,19,20). The summed E-state index contributed by atoms with van der Waals surface area (Å²) in [5.41, 5.74) is 1.74. The summed E-state index contributed by atoms with van der Waals surface area (Å²) in [7, 11) is 0. The van der Waals surface area contributed by atoms with Gasteiger partial charge in [-0.05, 0) is 31.7 Å². The fraction of sp³-hybridized carbons (Fsp3) is 0.529. The van der Waals surface area contributed by atoms with Crippen molar-refractivity contribution in [3.63, 3.8) is 0 Å². The number of rotatable bonds is 6. The van der Waals surface area contributed by atoms with Crippen molar-refractivity contribution in [2.45, 2.75) is 44.9 Å². The molecule has 2 rings (SSSR count). The molecular weight excluding hydrogens is 266 g/mol. The lowest BCUT2D eigenvalue weighted by Crippen LogP contribution is -2.50. The Hall–Kier alpha value is -1.84. The molecule has 1 unspecified atom stereocenters. The second kappa shape index (κ2) is 6.29. The molecule has 21 heavy (non-hydrogen) atoms. The zero-order valence-electron chi connectivity index (χ0n) is 12.7. The second-order valence-electron chi connectivity index (χ2n) is 5.96. The number of carbonyl (C=O) groups excluding carboxylic acids is 1. The molecule has 114 valence electrons. The molecule has 1 fully saturated rings. The Bertz CT molecular complexity index is 535. The van der Waals surface area contributed by atoms with Gasteiger partial charge in [0.2, 0.25) is 5.91 Å². The van der Waals surface area contributed by atoms with Crippen molar-refractivity contribution in [2.24, 2.45) is 5.92 Å². The van der Waals surface area contributed by atoms with Crippen LogP contribution < -0.4 is 5.32 Å². The van der Waals surface area contributed by atoms with Crippen molar-refractivity contribution >= 4 is 11.9 Å². The highest BCUT2D eigenvalue weighted by Gasteiger charge is 2.45. The summed E-state index contributed by atoms with van der Waals surface area (Å²) < 4.78 is 0. The lowest BCUT2D eigenvalue weighted by Gasteiger charge is -2.41. The maximum Gasteiger partial charge on any atom is 0.308 e. The largest absolute Gasteiger partial charge is 0.481 e. The van der Waals surface area contributed by atoms with Crippen molar-refractivity contribution in [3.05, 3.63) is 35.4 Å². The van der Waals surface area contributed by atoms with Gasteiger partial charge in [-0.2, -0.15) is 0 Å². The molecule has 1 aliphatic rings. The maximum absolute atomic E-state index is 12.6. The normalized spacial score (nSPS) is 17.6. The van der Waals surface area contributed by atoms with E-state index in [1.807, 2.05) is 32.0 Å². The van der Waals surface area contributed by atoms with Crippen molar-refractivity contribution in [1.82, 2.24) is 5.32 Å². The molecule has 0 heterocycles. The smallest absolute Gasteiger partial charge is 0.308 e. The molecule has 1 atom stereocenters. The highest BCUT2D eigenvalue weighted by atomic mass is 16.4. The van der Waals surface area contributed by atoms with E-state index < -0.39 is 17.3 Å². The molecule has 0 spiro atoms. The van der Waals surface area contributed by atoms with E-state index in [-0.39, 0.29) is 12.5 Å². The fourth-order valence-electron chi connectivity index (χ4n) is 2.91. The maximum atomic E-state index is 12.6. The Labute approximate surface area is 125 Å². The van der Waals surface area contributed by atoms with Crippen LogP contribution in [-0.4, -0.2) is 23.5 Å². The predicted molar refractivity (Wildman–Crippen MR) is 81.1 cm³/mol. The number of benzene rings is 1. The van der Waals surface area contributed by atoms with E-state index in [9.17, 15) is 9.59 Å². The van der Waals surface area contributed by atoms with Crippen molar-refractivity contribution < 1.29 is 14.7 Å². The summed E-state index contributed by atoms with van der Waals surface area (Å²) in [5, 5.41) is 11.9. The summed E-state index contributed by atoms with van der Waals surface area (Å²) in [6.07, 6.45) is 3.24. The molecule has 0 bridgehead atoms. The number of carboxylic acid groups (broad SMARTS) is 1. The number of nitrogens with one attached hydrogen (secondary N) is 1. The van der Waals surface area contributed by atoms with Gasteiger partial charge < -0.3 is 10.4 Å². The number of aryl methyl sites for hydroxylation is 1. The van der Waals surface area contributed by atoms with Crippen molar-refractivity contribution in [2.75, 3.05) is 6.54 Å². The van der Waals surface area contributed by atoms with Gasteiger partial charge >= 0.3 is 5.97 Å². The zero-order valence-corrected chi connectivity index (χ0v) is 12.7. The van der Waals surface area contributed by atoms with Crippen LogP contribution in [0.4, 0.5) is 0 Å². The molecule has 0 aromatic heterocycles. The Morgan fingerprint density at radius 2 is 2.10 bits per heavy atom. The van der Waals surface area contributed by atoms with E-state index >= 15 is 0 Å². The minimum absolute atomic E-state index is 0.0287. The van der Waals surface area contributed by atoms with Crippen LogP contribution in [0.1, 0.15) is 43.7 Å². The van der Waals surface area contributed by atoms with E-state index in [2.05, 4.69) is 11.4 Å². The van der Waals surface area contributed by atoms with Gasteiger partial charge in [0.05, 0.1) is 11.3 Å². The van der Waals surface area contributed by atoms with Crippen molar-refractivity contribution in [1.29, 1.82) is 0 Å². The summed E-state index contributed by atoms with van der Waals surface area (Å²) in [5.74, 6) is -1.39. The van der Waals surface area contributed by atoms with Crippen LogP contribution in [0.25, 0.3) is 0 Å². The first-order valence-electron chi connectivity index (χ1n) is 7.58. The second-order valence-corrected chi connectivity index (χ2v) is 5.96. The predicted octanol–water partition coefficient (Wildman–Crippen LogP) is 2.64. The topological polar surface area (TPSA) is 66.4 Å². The third kappa shape index (κ3) is 3.09. The van der Waals surface area contributed by atoms with Crippen LogP contribution in [0.5, 0.6) is 0 Å². The third-order valence-electron chi connectivity index (χ3n) is 4.56. The van der Waals surface area contributed by atoms with Crippen LogP contribution in [0.3, 0.4) is 0 Å². The van der Waals surface area contributed by atoms with Crippen LogP contribution in [0.15, 0.2) is 24.3 Å². The van der Waals surface area contributed by atoms with Crippen LogP contribution in [-0.2, 0) is 15.0 Å². The average Bonchev–Trinajstić information content (AvgIpc) is 2.37. The molecule has 2 N–H and O–H groups in total. The molecular formula is C17H23NO3. The monoisotopic (exact) mass is 289 g/mol. The van der Waals surface area contributed by atoms with Gasteiger partial charge in [-0.15, -0.1) is 0 Å². The van der Waals surface area contributed by atoms with Gasteiger partial charge in [0.15, 0.2) is 0 Å². The van der Waals surface area contributed by atoms with Crippen LogP contribution in [0.2, 0.25) is 0 Å². The zero-order chi connectivity index (χ0) is 15.5. The van der Waals surface area contributed by atoms with Crippen molar-refractivity contribution in [3.8, 4) is 0 Å². The summed E-state index contributed by atoms with van der Waals surface area (Å²) in [6.45, 7) is 4.05. The highest BCUT2D eigenvalue weighted by molar-refractivity contribution is 5.89. The average molecular weight is 289 g/mol. The molecule has 1 aliphatic carbocycles. The SMILES string of the molecule is CCC(CNC(=O)C1(c2cccc(C)c2)CCC1)C(=O)O. The minimum Gasteiger partial charge on any atom is -0.481 e. The molecule has 1 amide bonds. The first kappa shape index (κ1) is 15.5. The number of carbonyl (C=O) groups is 2. The van der Waals surface area contributed by atoms with E-state index in [0.29, 0.717) is 6.42 Å². The molecule has 1 saturated carbocycles. The Kier molecular flexibility index (Phi) is 4.66. The third-order valence-corrected chi connectivity index (χ3v) is 4.56. The lowest BCUT2D eigenvalue weighted by atomic mass is 9.63. The van der Waals surface area contributed by atoms with Gasteiger partial charge in [0, 0.05) is 6.54 Å². The van der Waals surface area contributed by atoms with Gasteiger partial charge in [-0.1, -0.05) is 43.2 Å². The van der Waals surface area contributed by atoms with Gasteiger partial charge in [0.25, 0.3) is 0 Å². The molecule has 1 aromatic carbocycles. The van der Waals surface area contributed by atoms with E-state index in [4.69, 9.17) is 5.11 Å². The highest BCUT2D eigenvalue weighted by Crippen LogP contribution is 2.44. The number of hydrogen-bond donors (Lipinski definition) is 2. The Morgan fingerprint density at radius 1 is 1.38 bits per heavy atom. The number of amides is 1. The van der Waals surface area contributed by atoms with Gasteiger partial charge in [-0.25, -0.2) is 0 Å². The van der Waals surface area contributed by atoms with Gasteiger partial charge in [0.1, 0.15) is 0 Å². The van der Waals surface area contributed by atoms with Gasteiger partial charge in [-0.3, -0.25) is 9.59 Å². The summed E-state index contributed by atoms with van der Waals surface area (Å²) in [6, 6.07) is 8.06. The lowest BCUT2D eigenvalue weighted by molar-refractivity contribution is -0.142. The molecule has 1 aromatic rings. The van der Waals surface area contributed by atoms with Crippen LogP contribution in [0, 0.1) is 12.8 Å². The Morgan fingerprint density at radius 3 is 2.57 bits per heavy atom. The van der Waals surface area contributed by atoms with E-state index in [1.165, 1.54) is 0 Å². The van der Waals surface area contributed by atoms with E-state index in [1.54, 1.807) is 0 Å². The first-order chi connectivity index (χ1) is 9.99. The van der Waals surface area contributed by atoms with E-state index in [0.717, 1.165) is 30.4 Å². The summed E-state index contributed by atoms with van der Waals surface area (Å²) >= 11 is 0. The number of carboxylic acids is 1. The molecule has 4 heteroatoms. The minimum atomic E-state index is -0.851. The molecule has 0 aliphatic heterocycles. The molecule has 4 nitrogen and oxygen atoms in total. The summed E-state index contributed by atoms with van der Waals surface area (Å²) in [4.78, 5) is 23.6. The number of aliphatic carboxylic acids is 1. The molecule has 0 radical (unpaired) electrons. The van der Waals surface area contributed by atoms with Crippen LogP contribution >= 0.6 is 0 Å².